The monoisotopic (exact) mass is 373 g/mol. The fourth-order valence-corrected chi connectivity index (χ4v) is 4.95. The van der Waals surface area contributed by atoms with Gasteiger partial charge >= 0.3 is 5.17 Å². The second kappa shape index (κ2) is 7.02. The van der Waals surface area contributed by atoms with Crippen LogP contribution in [0.1, 0.15) is 17.5 Å². The van der Waals surface area contributed by atoms with Crippen LogP contribution in [0.25, 0.3) is 0 Å². The highest BCUT2D eigenvalue weighted by molar-refractivity contribution is 8.13. The van der Waals surface area contributed by atoms with Crippen LogP contribution in [0.2, 0.25) is 5.02 Å². The maximum atomic E-state index is 11.5. The summed E-state index contributed by atoms with van der Waals surface area (Å²) in [6.07, 6.45) is 2.08. The van der Waals surface area contributed by atoms with E-state index in [4.69, 9.17) is 11.6 Å². The molecule has 1 unspecified atom stereocenters. The Labute approximate surface area is 157 Å². The number of hydrogen-bond donors (Lipinski definition) is 1. The molecule has 130 valence electrons. The largest absolute Gasteiger partial charge is 0.346 e. The van der Waals surface area contributed by atoms with Gasteiger partial charge in [-0.1, -0.05) is 54.1 Å². The first kappa shape index (κ1) is 17.0. The fourth-order valence-electron chi connectivity index (χ4n) is 3.63. The van der Waals surface area contributed by atoms with Crippen LogP contribution in [0, 0.1) is 0 Å². The van der Waals surface area contributed by atoms with Crippen LogP contribution in [0.5, 0.6) is 0 Å². The summed E-state index contributed by atoms with van der Waals surface area (Å²) in [6.45, 7) is 2.41. The molecule has 0 aromatic heterocycles. The summed E-state index contributed by atoms with van der Waals surface area (Å²) >= 11 is 7.89. The van der Waals surface area contributed by atoms with E-state index in [1.807, 2.05) is 42.1 Å². The first-order valence-electron chi connectivity index (χ1n) is 8.71. The zero-order chi connectivity index (χ0) is 17.3. The van der Waals surface area contributed by atoms with Crippen molar-refractivity contribution in [1.82, 2.24) is 4.90 Å². The number of fused-ring (bicyclic) bond motifs is 1. The van der Waals surface area contributed by atoms with Crippen LogP contribution in [-0.2, 0) is 12.1 Å². The molecule has 2 aromatic carbocycles. The number of thioether (sulfide) groups is 1. The van der Waals surface area contributed by atoms with E-state index in [2.05, 4.69) is 33.7 Å². The Bertz CT molecular complexity index is 778. The maximum Gasteiger partial charge on any atom is 0.311 e. The topological polar surface area (TPSA) is 26.5 Å². The molecule has 2 aliphatic rings. The highest BCUT2D eigenvalue weighted by Gasteiger charge is 2.53. The van der Waals surface area contributed by atoms with Crippen molar-refractivity contribution in [3.05, 3.63) is 70.7 Å². The molecule has 1 N–H and O–H groups in total. The summed E-state index contributed by atoms with van der Waals surface area (Å²) in [5, 5.41) is 13.4. The van der Waals surface area contributed by atoms with Gasteiger partial charge in [-0.25, -0.2) is 9.48 Å². The van der Waals surface area contributed by atoms with Crippen molar-refractivity contribution in [3.63, 3.8) is 0 Å². The third-order valence-electron chi connectivity index (χ3n) is 4.94. The minimum absolute atomic E-state index is 0.601. The second-order valence-corrected chi connectivity index (χ2v) is 8.12. The standard InChI is InChI=1S/C20H22ClN2OS/c21-18-9-7-17(8-10-18)20(24)15-22(19-23(20)12-4-14-25-19)13-11-16-5-2-1-3-6-16/h1-3,5-10,24H,4,11-15H2/q+1. The minimum Gasteiger partial charge on any atom is -0.346 e. The predicted octanol–water partition coefficient (Wildman–Crippen LogP) is 3.55. The van der Waals surface area contributed by atoms with Gasteiger partial charge in [-0.3, -0.25) is 0 Å². The van der Waals surface area contributed by atoms with Crippen LogP contribution in [0.3, 0.4) is 0 Å². The van der Waals surface area contributed by atoms with Crippen LogP contribution >= 0.6 is 23.4 Å². The van der Waals surface area contributed by atoms with Gasteiger partial charge in [-0.05, 0) is 35.9 Å². The van der Waals surface area contributed by atoms with E-state index in [0.717, 1.165) is 37.2 Å². The Morgan fingerprint density at radius 3 is 2.64 bits per heavy atom. The lowest BCUT2D eigenvalue weighted by Crippen LogP contribution is -2.48. The van der Waals surface area contributed by atoms with E-state index < -0.39 is 5.72 Å². The molecule has 2 aromatic rings. The van der Waals surface area contributed by atoms with Gasteiger partial charge in [0, 0.05) is 22.8 Å². The average Bonchev–Trinajstić information content (AvgIpc) is 2.95. The van der Waals surface area contributed by atoms with Crippen molar-refractivity contribution < 1.29 is 9.68 Å². The number of nitrogens with zero attached hydrogens (tertiary/aromatic N) is 2. The van der Waals surface area contributed by atoms with Gasteiger partial charge in [0.05, 0.1) is 13.1 Å². The molecule has 0 bridgehead atoms. The highest BCUT2D eigenvalue weighted by atomic mass is 35.5. The van der Waals surface area contributed by atoms with Crippen LogP contribution in [0.15, 0.2) is 54.6 Å². The van der Waals surface area contributed by atoms with Gasteiger partial charge < -0.3 is 5.11 Å². The lowest BCUT2D eigenvalue weighted by Gasteiger charge is -2.30. The molecule has 1 atom stereocenters. The number of rotatable bonds is 4. The summed E-state index contributed by atoms with van der Waals surface area (Å²) in [7, 11) is 0. The van der Waals surface area contributed by atoms with Crippen molar-refractivity contribution >= 4 is 28.5 Å². The van der Waals surface area contributed by atoms with Crippen LogP contribution in [0.4, 0.5) is 0 Å². The molecule has 1 saturated heterocycles. The van der Waals surface area contributed by atoms with Crippen LogP contribution in [-0.4, -0.2) is 45.1 Å². The third-order valence-corrected chi connectivity index (χ3v) is 6.42. The average molecular weight is 374 g/mol. The van der Waals surface area contributed by atoms with E-state index in [9.17, 15) is 5.11 Å². The molecular formula is C20H22ClN2OS+. The lowest BCUT2D eigenvalue weighted by atomic mass is 10.0. The zero-order valence-electron chi connectivity index (χ0n) is 14.1. The SMILES string of the molecule is OC1(c2ccc(Cl)cc2)C[N+](CCc2ccccc2)=C2SCCCN21. The van der Waals surface area contributed by atoms with Gasteiger partial charge in [0.25, 0.3) is 5.72 Å². The summed E-state index contributed by atoms with van der Waals surface area (Å²) in [6, 6.07) is 18.1. The van der Waals surface area contributed by atoms with Crippen LogP contribution < -0.4 is 0 Å². The second-order valence-electron chi connectivity index (χ2n) is 6.62. The Hall–Kier alpha value is -1.49. The number of aliphatic hydroxyl groups is 1. The quantitative estimate of drug-likeness (QED) is 0.830. The lowest BCUT2D eigenvalue weighted by molar-refractivity contribution is -0.531. The number of hydrogen-bond acceptors (Lipinski definition) is 3. The van der Waals surface area contributed by atoms with E-state index in [0.29, 0.717) is 11.6 Å². The fraction of sp³-hybridized carbons (Fsp3) is 0.350. The van der Waals surface area contributed by atoms with E-state index in [1.54, 1.807) is 0 Å². The van der Waals surface area contributed by atoms with Gasteiger partial charge in [0.2, 0.25) is 0 Å². The molecule has 3 nitrogen and oxygen atoms in total. The number of halogens is 1. The van der Waals surface area contributed by atoms with Gasteiger partial charge in [-0.2, -0.15) is 0 Å². The normalized spacial score (nSPS) is 23.0. The van der Waals surface area contributed by atoms with Gasteiger partial charge in [0.1, 0.15) is 0 Å². The third kappa shape index (κ3) is 3.31. The van der Waals surface area contributed by atoms with Gasteiger partial charge in [0.15, 0.2) is 6.54 Å². The smallest absolute Gasteiger partial charge is 0.311 e. The minimum atomic E-state index is -0.968. The Morgan fingerprint density at radius 1 is 1.12 bits per heavy atom. The molecule has 25 heavy (non-hydrogen) atoms. The molecule has 0 amide bonds. The maximum absolute atomic E-state index is 11.5. The Morgan fingerprint density at radius 2 is 1.88 bits per heavy atom. The highest BCUT2D eigenvalue weighted by Crippen LogP contribution is 2.37. The molecule has 0 saturated carbocycles. The summed E-state index contributed by atoms with van der Waals surface area (Å²) in [5.41, 5.74) is 1.28. The predicted molar refractivity (Wildman–Crippen MR) is 104 cm³/mol. The summed E-state index contributed by atoms with van der Waals surface area (Å²) < 4.78 is 2.34. The molecule has 4 rings (SSSR count). The number of amidine groups is 1. The Balaban J connectivity index is 1.59. The number of benzene rings is 2. The molecule has 0 aliphatic carbocycles. The molecule has 1 fully saturated rings. The summed E-state index contributed by atoms with van der Waals surface area (Å²) in [4.78, 5) is 2.18. The number of β-amino-alcohol motifs (C(OH)–C–C–N with tert-alkyl or cyclic N) is 1. The van der Waals surface area contributed by atoms with Crippen molar-refractivity contribution in [1.29, 1.82) is 0 Å². The van der Waals surface area contributed by atoms with E-state index in [1.165, 1.54) is 10.7 Å². The van der Waals surface area contributed by atoms with Crippen molar-refractivity contribution in [2.45, 2.75) is 18.6 Å². The van der Waals surface area contributed by atoms with Gasteiger partial charge in [-0.15, -0.1) is 0 Å². The Kier molecular flexibility index (Phi) is 4.76. The molecule has 0 radical (unpaired) electrons. The molecular weight excluding hydrogens is 352 g/mol. The molecule has 2 heterocycles. The molecule has 2 aliphatic heterocycles. The van der Waals surface area contributed by atoms with E-state index >= 15 is 0 Å². The van der Waals surface area contributed by atoms with Crippen molar-refractivity contribution in [2.75, 3.05) is 25.4 Å². The van der Waals surface area contributed by atoms with Crippen molar-refractivity contribution in [3.8, 4) is 0 Å². The molecule has 5 heteroatoms. The molecule has 0 spiro atoms. The zero-order valence-corrected chi connectivity index (χ0v) is 15.6. The van der Waals surface area contributed by atoms with E-state index in [-0.39, 0.29) is 0 Å². The summed E-state index contributed by atoms with van der Waals surface area (Å²) in [5.74, 6) is 1.12. The first-order valence-corrected chi connectivity index (χ1v) is 10.1. The first-order chi connectivity index (χ1) is 12.2. The van der Waals surface area contributed by atoms with Crippen molar-refractivity contribution in [2.24, 2.45) is 0 Å².